The zero-order chi connectivity index (χ0) is 22.9. The first-order valence-corrected chi connectivity index (χ1v) is 11.3. The monoisotopic (exact) mass is 482 g/mol. The Morgan fingerprint density at radius 3 is 2.39 bits per heavy atom. The third-order valence-corrected chi connectivity index (χ3v) is 7.21. The molecular formula is C21H20Cl2N2O5S. The molecule has 31 heavy (non-hydrogen) atoms. The molecule has 0 saturated heterocycles. The summed E-state index contributed by atoms with van der Waals surface area (Å²) in [4.78, 5) is 24.0. The number of amides is 1. The third-order valence-electron chi connectivity index (χ3n) is 4.93. The maximum atomic E-state index is 12.9. The highest BCUT2D eigenvalue weighted by Crippen LogP contribution is 2.35. The first-order valence-electron chi connectivity index (χ1n) is 9.20. The van der Waals surface area contributed by atoms with Crippen molar-refractivity contribution in [3.8, 4) is 0 Å². The van der Waals surface area contributed by atoms with Crippen molar-refractivity contribution >= 4 is 56.8 Å². The predicted molar refractivity (Wildman–Crippen MR) is 120 cm³/mol. The van der Waals surface area contributed by atoms with E-state index in [9.17, 15) is 18.9 Å². The molecule has 3 rings (SSSR count). The van der Waals surface area contributed by atoms with Crippen molar-refractivity contribution in [2.75, 3.05) is 12.4 Å². The predicted octanol–water partition coefficient (Wildman–Crippen LogP) is 3.45. The van der Waals surface area contributed by atoms with Gasteiger partial charge in [0, 0.05) is 17.3 Å². The summed E-state index contributed by atoms with van der Waals surface area (Å²) in [6.45, 7) is 1.47. The molecule has 0 aliphatic heterocycles. The highest BCUT2D eigenvalue weighted by atomic mass is 35.5. The number of carboxylic acid groups (broad SMARTS) is 1. The van der Waals surface area contributed by atoms with Crippen LogP contribution in [-0.4, -0.2) is 43.2 Å². The Hall–Kier alpha value is -2.39. The summed E-state index contributed by atoms with van der Waals surface area (Å²) < 4.78 is 13.7. The third kappa shape index (κ3) is 4.77. The van der Waals surface area contributed by atoms with Gasteiger partial charge in [0.2, 0.25) is 0 Å². The van der Waals surface area contributed by atoms with E-state index in [4.69, 9.17) is 28.3 Å². The van der Waals surface area contributed by atoms with Crippen LogP contribution in [0.15, 0.2) is 41.3 Å². The van der Waals surface area contributed by atoms with Gasteiger partial charge in [0.25, 0.3) is 5.91 Å². The number of carboxylic acids is 1. The molecule has 164 valence electrons. The first-order chi connectivity index (χ1) is 14.6. The van der Waals surface area contributed by atoms with Crippen molar-refractivity contribution < 1.29 is 24.0 Å². The molecule has 1 amide bonds. The number of rotatable bonds is 7. The highest BCUT2D eigenvalue weighted by Gasteiger charge is 2.21. The van der Waals surface area contributed by atoms with Gasteiger partial charge in [-0.25, -0.2) is 0 Å². The summed E-state index contributed by atoms with van der Waals surface area (Å²) in [6, 6.07) is 9.00. The van der Waals surface area contributed by atoms with Crippen molar-refractivity contribution in [3.63, 3.8) is 0 Å². The zero-order valence-electron chi connectivity index (χ0n) is 16.7. The average molecular weight is 483 g/mol. The molecule has 0 bridgehead atoms. The van der Waals surface area contributed by atoms with Gasteiger partial charge in [0.15, 0.2) is 0 Å². The number of benzene rings is 2. The Morgan fingerprint density at radius 2 is 1.81 bits per heavy atom. The molecule has 3 aromatic rings. The Morgan fingerprint density at radius 1 is 1.16 bits per heavy atom. The fourth-order valence-electron chi connectivity index (χ4n) is 3.26. The van der Waals surface area contributed by atoms with Gasteiger partial charge in [-0.3, -0.25) is 13.8 Å². The molecule has 7 nitrogen and oxygen atoms in total. The minimum Gasteiger partial charge on any atom is -0.481 e. The van der Waals surface area contributed by atoms with Gasteiger partial charge >= 0.3 is 5.97 Å². The summed E-state index contributed by atoms with van der Waals surface area (Å²) in [5.74, 6) is -2.07. The Labute approximate surface area is 191 Å². The molecule has 1 heterocycles. The van der Waals surface area contributed by atoms with Crippen molar-refractivity contribution in [1.82, 2.24) is 9.88 Å². The summed E-state index contributed by atoms with van der Waals surface area (Å²) in [5.41, 5.74) is 2.47. The number of aromatic nitrogens is 1. The number of carbonyl (C=O) groups is 2. The number of aliphatic hydroxyl groups excluding tert-OH is 1. The topological polar surface area (TPSA) is 109 Å². The number of hydrogen-bond donors (Lipinski definition) is 3. The van der Waals surface area contributed by atoms with Crippen LogP contribution >= 0.6 is 23.2 Å². The molecule has 2 unspecified atom stereocenters. The van der Waals surface area contributed by atoms with Gasteiger partial charge in [0.05, 0.1) is 39.0 Å². The van der Waals surface area contributed by atoms with Gasteiger partial charge in [-0.2, -0.15) is 0 Å². The van der Waals surface area contributed by atoms with E-state index in [2.05, 4.69) is 5.32 Å². The summed E-state index contributed by atoms with van der Waals surface area (Å²) in [5, 5.41) is 22.8. The molecule has 10 heteroatoms. The molecule has 0 spiro atoms. The lowest BCUT2D eigenvalue weighted by molar-refractivity contribution is -0.133. The van der Waals surface area contributed by atoms with Crippen LogP contribution in [0.3, 0.4) is 0 Å². The number of aryl methyl sites for hydroxylation is 2. The van der Waals surface area contributed by atoms with Gasteiger partial charge < -0.3 is 20.1 Å². The number of aliphatic hydroxyl groups is 1. The maximum Gasteiger partial charge on any atom is 0.316 e. The molecular weight excluding hydrogens is 463 g/mol. The van der Waals surface area contributed by atoms with Crippen molar-refractivity contribution in [2.24, 2.45) is 7.05 Å². The van der Waals surface area contributed by atoms with Crippen molar-refractivity contribution in [2.45, 2.75) is 17.9 Å². The lowest BCUT2D eigenvalue weighted by Crippen LogP contribution is -2.32. The standard InChI is InChI=1S/C21H20Cl2N2O5S/c1-11-7-16-14(20(23)19(11)22)8-17(25(16)2)21(29)24-15(9-26)12-3-5-13(6-4-12)31(30)10-18(27)28/h3-8,15,26H,9-10H2,1-2H3,(H,24,29)(H,27,28). The van der Waals surface area contributed by atoms with Gasteiger partial charge in [-0.15, -0.1) is 0 Å². The second kappa shape index (κ2) is 9.40. The van der Waals surface area contributed by atoms with Gasteiger partial charge in [-0.1, -0.05) is 35.3 Å². The summed E-state index contributed by atoms with van der Waals surface area (Å²) in [6.07, 6.45) is 0. The van der Waals surface area contributed by atoms with E-state index in [0.29, 0.717) is 31.6 Å². The van der Waals surface area contributed by atoms with Gasteiger partial charge in [0.1, 0.15) is 11.4 Å². The number of halogens is 2. The van der Waals surface area contributed by atoms with E-state index in [1.165, 1.54) is 12.1 Å². The molecule has 0 aliphatic carbocycles. The van der Waals surface area contributed by atoms with E-state index in [1.807, 2.05) is 13.0 Å². The van der Waals surface area contributed by atoms with Crippen LogP contribution < -0.4 is 5.32 Å². The van der Waals surface area contributed by atoms with Crippen LogP contribution in [0.25, 0.3) is 10.9 Å². The van der Waals surface area contributed by atoms with Crippen molar-refractivity contribution in [1.29, 1.82) is 0 Å². The summed E-state index contributed by atoms with van der Waals surface area (Å²) >= 11 is 12.6. The fraction of sp³-hybridized carbons (Fsp3) is 0.238. The number of fused-ring (bicyclic) bond motifs is 1. The summed E-state index contributed by atoms with van der Waals surface area (Å²) in [7, 11) is 0.0657. The van der Waals surface area contributed by atoms with Crippen molar-refractivity contribution in [3.05, 3.63) is 63.3 Å². The molecule has 3 N–H and O–H groups in total. The number of aliphatic carboxylic acids is 1. The molecule has 0 radical (unpaired) electrons. The Balaban J connectivity index is 1.85. The van der Waals surface area contributed by atoms with Crippen LogP contribution in [0.1, 0.15) is 27.7 Å². The Kier molecular flexibility index (Phi) is 7.06. The Bertz CT molecular complexity index is 1190. The van der Waals surface area contributed by atoms with Crippen LogP contribution in [0.2, 0.25) is 10.0 Å². The number of hydrogen-bond acceptors (Lipinski definition) is 4. The second-order valence-electron chi connectivity index (χ2n) is 7.00. The molecule has 2 atom stereocenters. The first kappa shape index (κ1) is 23.3. The minimum atomic E-state index is -1.67. The van der Waals surface area contributed by atoms with E-state index in [1.54, 1.807) is 29.8 Å². The zero-order valence-corrected chi connectivity index (χ0v) is 19.0. The van der Waals surface area contributed by atoms with E-state index in [-0.39, 0.29) is 6.61 Å². The fourth-order valence-corrected chi connectivity index (χ4v) is 4.55. The smallest absolute Gasteiger partial charge is 0.316 e. The molecule has 1 aromatic heterocycles. The molecule has 0 aliphatic rings. The quantitative estimate of drug-likeness (QED) is 0.477. The largest absolute Gasteiger partial charge is 0.481 e. The van der Waals surface area contributed by atoms with Crippen LogP contribution in [0, 0.1) is 6.92 Å². The lowest BCUT2D eigenvalue weighted by atomic mass is 10.1. The van der Waals surface area contributed by atoms with E-state index < -0.39 is 34.5 Å². The highest BCUT2D eigenvalue weighted by molar-refractivity contribution is 7.85. The van der Waals surface area contributed by atoms with Gasteiger partial charge in [-0.05, 0) is 42.3 Å². The normalized spacial score (nSPS) is 13.2. The number of nitrogens with zero attached hydrogens (tertiary/aromatic N) is 1. The number of carbonyl (C=O) groups excluding carboxylic acids is 1. The maximum absolute atomic E-state index is 12.9. The van der Waals surface area contributed by atoms with Crippen LogP contribution in [0.4, 0.5) is 0 Å². The van der Waals surface area contributed by atoms with E-state index >= 15 is 0 Å². The molecule has 2 aromatic carbocycles. The number of nitrogens with one attached hydrogen (secondary N) is 1. The molecule has 0 fully saturated rings. The van der Waals surface area contributed by atoms with E-state index in [0.717, 1.165) is 11.1 Å². The van der Waals surface area contributed by atoms with Crippen LogP contribution in [-0.2, 0) is 22.6 Å². The minimum absolute atomic E-state index is 0.344. The second-order valence-corrected chi connectivity index (χ2v) is 9.21. The molecule has 0 saturated carbocycles. The SMILES string of the molecule is Cc1cc2c(cc(C(=O)NC(CO)c3ccc(S(=O)CC(=O)O)cc3)n2C)c(Cl)c1Cl. The van der Waals surface area contributed by atoms with Crippen LogP contribution in [0.5, 0.6) is 0 Å². The lowest BCUT2D eigenvalue weighted by Gasteiger charge is -2.17. The average Bonchev–Trinajstić information content (AvgIpc) is 3.06.